The summed E-state index contributed by atoms with van der Waals surface area (Å²) in [6, 6.07) is 14.3. The standard InChI is InChI=1S/C17H16Cl2N2/c1-11(2)12-5-3-6-13(9-12)21-15-8-4-7-14(19)17(15)20-16(21)10-18/h3-9,11H,10H2,1-2H3. The molecule has 0 bridgehead atoms. The van der Waals surface area contributed by atoms with E-state index in [1.165, 1.54) is 5.56 Å². The fourth-order valence-corrected chi connectivity index (χ4v) is 2.91. The normalized spacial score (nSPS) is 11.5. The maximum atomic E-state index is 6.25. The molecule has 0 radical (unpaired) electrons. The Morgan fingerprint density at radius 2 is 1.90 bits per heavy atom. The molecule has 4 heteroatoms. The van der Waals surface area contributed by atoms with Crippen molar-refractivity contribution in [1.29, 1.82) is 0 Å². The minimum atomic E-state index is 0.344. The van der Waals surface area contributed by atoms with Crippen LogP contribution in [0.4, 0.5) is 0 Å². The molecule has 1 heterocycles. The summed E-state index contributed by atoms with van der Waals surface area (Å²) in [5, 5.41) is 0.651. The predicted octanol–water partition coefficient (Wildman–Crippen LogP) is 5.54. The molecule has 0 atom stereocenters. The number of imidazole rings is 1. The Bertz CT molecular complexity index is 791. The van der Waals surface area contributed by atoms with Gasteiger partial charge in [0.15, 0.2) is 0 Å². The van der Waals surface area contributed by atoms with Crippen molar-refractivity contribution in [2.24, 2.45) is 0 Å². The number of halogens is 2. The van der Waals surface area contributed by atoms with E-state index in [1.807, 2.05) is 18.2 Å². The Morgan fingerprint density at radius 1 is 1.14 bits per heavy atom. The molecule has 0 spiro atoms. The number of hydrogen-bond acceptors (Lipinski definition) is 1. The van der Waals surface area contributed by atoms with Gasteiger partial charge in [-0.2, -0.15) is 0 Å². The van der Waals surface area contributed by atoms with Crippen molar-refractivity contribution >= 4 is 34.2 Å². The molecule has 0 unspecified atom stereocenters. The van der Waals surface area contributed by atoms with Gasteiger partial charge in [-0.05, 0) is 35.7 Å². The summed E-state index contributed by atoms with van der Waals surface area (Å²) in [5.41, 5.74) is 4.14. The summed E-state index contributed by atoms with van der Waals surface area (Å²) in [7, 11) is 0. The van der Waals surface area contributed by atoms with E-state index in [0.717, 1.165) is 22.5 Å². The van der Waals surface area contributed by atoms with E-state index in [0.29, 0.717) is 16.8 Å². The van der Waals surface area contributed by atoms with Gasteiger partial charge in [0.2, 0.25) is 0 Å². The second-order valence-corrected chi connectivity index (χ2v) is 6.03. The summed E-state index contributed by atoms with van der Waals surface area (Å²) in [6.45, 7) is 4.37. The van der Waals surface area contributed by atoms with Crippen molar-refractivity contribution in [3.05, 3.63) is 58.9 Å². The van der Waals surface area contributed by atoms with E-state index < -0.39 is 0 Å². The molecular formula is C17H16Cl2N2. The number of nitrogens with zero attached hydrogens (tertiary/aromatic N) is 2. The van der Waals surface area contributed by atoms with Gasteiger partial charge in [0.05, 0.1) is 16.4 Å². The van der Waals surface area contributed by atoms with Crippen LogP contribution in [-0.4, -0.2) is 9.55 Å². The van der Waals surface area contributed by atoms with Crippen LogP contribution < -0.4 is 0 Å². The summed E-state index contributed by atoms with van der Waals surface area (Å²) in [4.78, 5) is 4.58. The summed E-state index contributed by atoms with van der Waals surface area (Å²) in [5.74, 6) is 1.63. The third kappa shape index (κ3) is 2.54. The third-order valence-corrected chi connectivity index (χ3v) is 4.16. The van der Waals surface area contributed by atoms with Crippen LogP contribution in [0.5, 0.6) is 0 Å². The lowest BCUT2D eigenvalue weighted by Gasteiger charge is -2.11. The van der Waals surface area contributed by atoms with Gasteiger partial charge in [-0.1, -0.05) is 43.6 Å². The number of para-hydroxylation sites is 1. The zero-order valence-electron chi connectivity index (χ0n) is 12.0. The van der Waals surface area contributed by atoms with Gasteiger partial charge in [-0.15, -0.1) is 11.6 Å². The highest BCUT2D eigenvalue weighted by molar-refractivity contribution is 6.35. The maximum Gasteiger partial charge on any atom is 0.129 e. The Hall–Kier alpha value is -1.51. The van der Waals surface area contributed by atoms with Crippen LogP contribution in [0.15, 0.2) is 42.5 Å². The molecule has 3 aromatic rings. The molecule has 0 fully saturated rings. The van der Waals surface area contributed by atoms with Crippen LogP contribution in [0.2, 0.25) is 5.02 Å². The van der Waals surface area contributed by atoms with E-state index in [2.05, 4.69) is 47.7 Å². The second-order valence-electron chi connectivity index (χ2n) is 5.35. The molecular weight excluding hydrogens is 303 g/mol. The number of rotatable bonds is 3. The van der Waals surface area contributed by atoms with Crippen LogP contribution in [0, 0.1) is 0 Å². The van der Waals surface area contributed by atoms with Crippen LogP contribution in [0.25, 0.3) is 16.7 Å². The molecule has 0 saturated heterocycles. The average molecular weight is 319 g/mol. The molecule has 0 aliphatic carbocycles. The van der Waals surface area contributed by atoms with Crippen LogP contribution >= 0.6 is 23.2 Å². The zero-order chi connectivity index (χ0) is 15.0. The fourth-order valence-electron chi connectivity index (χ4n) is 2.51. The molecule has 0 amide bonds. The monoisotopic (exact) mass is 318 g/mol. The lowest BCUT2D eigenvalue weighted by atomic mass is 10.0. The Kier molecular flexibility index (Phi) is 3.92. The second kappa shape index (κ2) is 5.70. The van der Waals surface area contributed by atoms with Gasteiger partial charge in [0.1, 0.15) is 11.3 Å². The zero-order valence-corrected chi connectivity index (χ0v) is 13.5. The molecule has 0 N–H and O–H groups in total. The van der Waals surface area contributed by atoms with Gasteiger partial charge >= 0.3 is 0 Å². The summed E-state index contributed by atoms with van der Waals surface area (Å²) >= 11 is 12.3. The van der Waals surface area contributed by atoms with Gasteiger partial charge in [0, 0.05) is 5.69 Å². The molecule has 2 aromatic carbocycles. The molecule has 1 aromatic heterocycles. The molecule has 2 nitrogen and oxygen atoms in total. The number of benzene rings is 2. The van der Waals surface area contributed by atoms with Crippen LogP contribution in [-0.2, 0) is 5.88 Å². The third-order valence-electron chi connectivity index (χ3n) is 3.62. The average Bonchev–Trinajstić information content (AvgIpc) is 2.87. The minimum absolute atomic E-state index is 0.344. The lowest BCUT2D eigenvalue weighted by molar-refractivity contribution is 0.861. The molecule has 0 saturated carbocycles. The summed E-state index contributed by atoms with van der Waals surface area (Å²) < 4.78 is 2.08. The largest absolute Gasteiger partial charge is 0.295 e. The fraction of sp³-hybridized carbons (Fsp3) is 0.235. The van der Waals surface area contributed by atoms with Gasteiger partial charge in [0.25, 0.3) is 0 Å². The number of aromatic nitrogens is 2. The van der Waals surface area contributed by atoms with Crippen LogP contribution in [0.1, 0.15) is 31.2 Å². The van der Waals surface area contributed by atoms with Crippen molar-refractivity contribution in [3.63, 3.8) is 0 Å². The highest BCUT2D eigenvalue weighted by Gasteiger charge is 2.14. The first kappa shape index (κ1) is 14.4. The van der Waals surface area contributed by atoms with E-state index >= 15 is 0 Å². The van der Waals surface area contributed by atoms with Crippen molar-refractivity contribution < 1.29 is 0 Å². The van der Waals surface area contributed by atoms with E-state index in [1.54, 1.807) is 0 Å². The van der Waals surface area contributed by atoms with Crippen molar-refractivity contribution in [2.45, 2.75) is 25.6 Å². The Morgan fingerprint density at radius 3 is 2.62 bits per heavy atom. The first-order chi connectivity index (χ1) is 10.1. The number of alkyl halides is 1. The first-order valence-electron chi connectivity index (χ1n) is 6.94. The first-order valence-corrected chi connectivity index (χ1v) is 7.85. The minimum Gasteiger partial charge on any atom is -0.295 e. The predicted molar refractivity (Wildman–Crippen MR) is 89.7 cm³/mol. The topological polar surface area (TPSA) is 17.8 Å². The smallest absolute Gasteiger partial charge is 0.129 e. The van der Waals surface area contributed by atoms with E-state index in [-0.39, 0.29) is 0 Å². The molecule has 21 heavy (non-hydrogen) atoms. The number of fused-ring (bicyclic) bond motifs is 1. The lowest BCUT2D eigenvalue weighted by Crippen LogP contribution is -2.00. The number of hydrogen-bond donors (Lipinski definition) is 0. The SMILES string of the molecule is CC(C)c1cccc(-n2c(CCl)nc3c(Cl)cccc32)c1. The maximum absolute atomic E-state index is 6.25. The molecule has 108 valence electrons. The van der Waals surface area contributed by atoms with Gasteiger partial charge in [-0.25, -0.2) is 4.98 Å². The van der Waals surface area contributed by atoms with Crippen molar-refractivity contribution in [2.75, 3.05) is 0 Å². The molecule has 0 aliphatic rings. The quantitative estimate of drug-likeness (QED) is 0.579. The van der Waals surface area contributed by atoms with Gasteiger partial charge < -0.3 is 0 Å². The Labute approximate surface area is 134 Å². The van der Waals surface area contributed by atoms with Crippen molar-refractivity contribution in [1.82, 2.24) is 9.55 Å². The highest BCUT2D eigenvalue weighted by Crippen LogP contribution is 2.28. The Balaban J connectivity index is 2.28. The summed E-state index contributed by atoms with van der Waals surface area (Å²) in [6.07, 6.45) is 0. The van der Waals surface area contributed by atoms with E-state index in [4.69, 9.17) is 23.2 Å². The highest BCUT2D eigenvalue weighted by atomic mass is 35.5. The molecule has 0 aliphatic heterocycles. The van der Waals surface area contributed by atoms with E-state index in [9.17, 15) is 0 Å². The van der Waals surface area contributed by atoms with Crippen LogP contribution in [0.3, 0.4) is 0 Å². The molecule has 3 rings (SSSR count). The van der Waals surface area contributed by atoms with Crippen molar-refractivity contribution in [3.8, 4) is 5.69 Å². The van der Waals surface area contributed by atoms with Gasteiger partial charge in [-0.3, -0.25) is 4.57 Å².